The molecule has 8 heteroatoms. The minimum Gasteiger partial charge on any atom is -0.487 e. The van der Waals surface area contributed by atoms with Gasteiger partial charge in [0.05, 0.1) is 28.7 Å². The summed E-state index contributed by atoms with van der Waals surface area (Å²) in [5, 5.41) is 3.41. The first kappa shape index (κ1) is 19.7. The lowest BCUT2D eigenvalue weighted by atomic mass is 10.0. The Balaban J connectivity index is 1.48. The average Bonchev–Trinajstić information content (AvgIpc) is 3.26. The fourth-order valence-electron chi connectivity index (χ4n) is 3.42. The molecule has 0 spiro atoms. The molecule has 0 unspecified atom stereocenters. The van der Waals surface area contributed by atoms with Crippen molar-refractivity contribution < 1.29 is 22.7 Å². The van der Waals surface area contributed by atoms with Crippen molar-refractivity contribution in [1.29, 1.82) is 0 Å². The van der Waals surface area contributed by atoms with Crippen LogP contribution in [-0.4, -0.2) is 29.7 Å². The third-order valence-corrected chi connectivity index (χ3v) is 5.80. The molecule has 0 radical (unpaired) electrons. The van der Waals surface area contributed by atoms with Crippen molar-refractivity contribution in [3.05, 3.63) is 47.5 Å². The van der Waals surface area contributed by atoms with Gasteiger partial charge in [0.1, 0.15) is 16.9 Å². The molecule has 0 saturated carbocycles. The van der Waals surface area contributed by atoms with Crippen molar-refractivity contribution in [2.75, 3.05) is 6.54 Å². The molecule has 1 N–H and O–H groups in total. The van der Waals surface area contributed by atoms with E-state index in [0.29, 0.717) is 6.42 Å². The van der Waals surface area contributed by atoms with Crippen LogP contribution in [-0.2, 0) is 11.2 Å². The van der Waals surface area contributed by atoms with Crippen LogP contribution >= 0.6 is 11.3 Å². The summed E-state index contributed by atoms with van der Waals surface area (Å²) >= 11 is 1.59. The molecule has 3 aromatic rings. The smallest absolute Gasteiger partial charge is 0.389 e. The van der Waals surface area contributed by atoms with E-state index in [0.717, 1.165) is 37.7 Å². The van der Waals surface area contributed by atoms with Crippen molar-refractivity contribution in [2.45, 2.75) is 38.5 Å². The third kappa shape index (κ3) is 4.53. The number of carbonyl (C=O) groups is 1. The SMILES string of the molecule is Cc1cc2c(c(-c3nc4ccccc4s3)c1)O[C@@H](CNC(=O)CCC(F)(F)F)C2. The van der Waals surface area contributed by atoms with Gasteiger partial charge in [-0.15, -0.1) is 11.3 Å². The number of amides is 1. The number of nitrogens with zero attached hydrogens (tertiary/aromatic N) is 1. The predicted octanol–water partition coefficient (Wildman–Crippen LogP) is 5.03. The van der Waals surface area contributed by atoms with Gasteiger partial charge in [-0.05, 0) is 36.2 Å². The Bertz CT molecular complexity index is 1030. The lowest BCUT2D eigenvalue weighted by Crippen LogP contribution is -2.34. The molecule has 1 aromatic heterocycles. The summed E-state index contributed by atoms with van der Waals surface area (Å²) in [6.07, 6.45) is -5.74. The Hall–Kier alpha value is -2.61. The maximum Gasteiger partial charge on any atom is 0.389 e. The van der Waals surface area contributed by atoms with E-state index in [1.165, 1.54) is 0 Å². The fourth-order valence-corrected chi connectivity index (χ4v) is 4.40. The zero-order valence-electron chi connectivity index (χ0n) is 15.7. The second-order valence-electron chi connectivity index (χ2n) is 7.15. The molecule has 2 heterocycles. The minimum atomic E-state index is -4.33. The number of halogens is 3. The number of hydrogen-bond acceptors (Lipinski definition) is 4. The molecule has 0 aliphatic carbocycles. The number of rotatable bonds is 5. The Labute approximate surface area is 169 Å². The zero-order valence-corrected chi connectivity index (χ0v) is 16.5. The van der Waals surface area contributed by atoms with Crippen LogP contribution < -0.4 is 10.1 Å². The van der Waals surface area contributed by atoms with E-state index in [-0.39, 0.29) is 12.6 Å². The minimum absolute atomic E-state index is 0.170. The van der Waals surface area contributed by atoms with E-state index in [9.17, 15) is 18.0 Å². The van der Waals surface area contributed by atoms with Gasteiger partial charge < -0.3 is 10.1 Å². The van der Waals surface area contributed by atoms with E-state index in [2.05, 4.69) is 5.32 Å². The Kier molecular flexibility index (Phi) is 5.21. The van der Waals surface area contributed by atoms with Gasteiger partial charge in [0, 0.05) is 12.8 Å². The number of aryl methyl sites for hydroxylation is 1. The van der Waals surface area contributed by atoms with Crippen molar-refractivity contribution in [2.24, 2.45) is 0 Å². The van der Waals surface area contributed by atoms with Gasteiger partial charge in [0.2, 0.25) is 5.91 Å². The standard InChI is InChI=1S/C21H19F3N2O2S/c1-12-8-13-10-14(11-25-18(27)6-7-21(22,23)24)28-19(13)15(9-12)20-26-16-4-2-3-5-17(16)29-20/h2-5,8-9,14H,6-7,10-11H2,1H3,(H,25,27)/t14-/m1/s1. The summed E-state index contributed by atoms with van der Waals surface area (Å²) in [7, 11) is 0. The molecule has 0 saturated heterocycles. The molecule has 1 atom stereocenters. The van der Waals surface area contributed by atoms with E-state index in [1.807, 2.05) is 43.3 Å². The molecule has 29 heavy (non-hydrogen) atoms. The number of fused-ring (bicyclic) bond motifs is 2. The topological polar surface area (TPSA) is 51.2 Å². The second-order valence-corrected chi connectivity index (χ2v) is 8.18. The molecule has 0 bridgehead atoms. The maximum absolute atomic E-state index is 12.2. The van der Waals surface area contributed by atoms with Crippen molar-refractivity contribution in [1.82, 2.24) is 10.3 Å². The number of para-hydroxylation sites is 1. The molecule has 152 valence electrons. The number of aromatic nitrogens is 1. The summed E-state index contributed by atoms with van der Waals surface area (Å²) in [5.74, 6) is 0.119. The molecule has 0 fully saturated rings. The predicted molar refractivity (Wildman–Crippen MR) is 106 cm³/mol. The summed E-state index contributed by atoms with van der Waals surface area (Å²) in [6, 6.07) is 12.0. The maximum atomic E-state index is 12.2. The largest absolute Gasteiger partial charge is 0.487 e. The highest BCUT2D eigenvalue weighted by atomic mass is 32.1. The number of hydrogen-bond donors (Lipinski definition) is 1. The number of nitrogens with one attached hydrogen (secondary N) is 1. The summed E-state index contributed by atoms with van der Waals surface area (Å²) in [5.41, 5.74) is 3.94. The molecule has 1 amide bonds. The van der Waals surface area contributed by atoms with Gasteiger partial charge in [0.15, 0.2) is 0 Å². The van der Waals surface area contributed by atoms with Gasteiger partial charge >= 0.3 is 6.18 Å². The molecule has 4 rings (SSSR count). The summed E-state index contributed by atoms with van der Waals surface area (Å²) < 4.78 is 43.9. The number of alkyl halides is 3. The van der Waals surface area contributed by atoms with Crippen molar-refractivity contribution in [3.63, 3.8) is 0 Å². The average molecular weight is 420 g/mol. The first-order valence-corrected chi connectivity index (χ1v) is 10.1. The van der Waals surface area contributed by atoms with Gasteiger partial charge in [-0.2, -0.15) is 13.2 Å². The van der Waals surface area contributed by atoms with Crippen LogP contribution in [0.3, 0.4) is 0 Å². The van der Waals surface area contributed by atoms with Gasteiger partial charge in [-0.25, -0.2) is 4.98 Å². The molecule has 1 aliphatic heterocycles. The molecule has 1 aliphatic rings. The second kappa shape index (κ2) is 7.67. The van der Waals surface area contributed by atoms with Gasteiger partial charge in [-0.3, -0.25) is 4.79 Å². The third-order valence-electron chi connectivity index (χ3n) is 4.73. The highest BCUT2D eigenvalue weighted by Gasteiger charge is 2.30. The number of benzene rings is 2. The van der Waals surface area contributed by atoms with Crippen LogP contribution in [0.25, 0.3) is 20.8 Å². The quantitative estimate of drug-likeness (QED) is 0.630. The fraction of sp³-hybridized carbons (Fsp3) is 0.333. The highest BCUT2D eigenvalue weighted by molar-refractivity contribution is 7.21. The van der Waals surface area contributed by atoms with Crippen LogP contribution in [0.4, 0.5) is 13.2 Å². The Morgan fingerprint density at radius 1 is 1.31 bits per heavy atom. The number of thiazole rings is 1. The number of ether oxygens (including phenoxy) is 1. The van der Waals surface area contributed by atoms with E-state index in [4.69, 9.17) is 9.72 Å². The van der Waals surface area contributed by atoms with Crippen molar-refractivity contribution >= 4 is 27.5 Å². The van der Waals surface area contributed by atoms with Gasteiger partial charge in [-0.1, -0.05) is 18.2 Å². The number of carbonyl (C=O) groups excluding carboxylic acids is 1. The lowest BCUT2D eigenvalue weighted by Gasteiger charge is -2.13. The monoisotopic (exact) mass is 420 g/mol. The van der Waals surface area contributed by atoms with Crippen LogP contribution in [0.5, 0.6) is 5.75 Å². The van der Waals surface area contributed by atoms with Crippen molar-refractivity contribution in [3.8, 4) is 16.3 Å². The lowest BCUT2D eigenvalue weighted by molar-refractivity contribution is -0.144. The molecular formula is C21H19F3N2O2S. The van der Waals surface area contributed by atoms with E-state index >= 15 is 0 Å². The Morgan fingerprint density at radius 3 is 2.86 bits per heavy atom. The summed E-state index contributed by atoms with van der Waals surface area (Å²) in [6.45, 7) is 2.17. The molecule has 4 nitrogen and oxygen atoms in total. The van der Waals surface area contributed by atoms with Crippen LogP contribution in [0, 0.1) is 6.92 Å². The van der Waals surface area contributed by atoms with Crippen LogP contribution in [0.15, 0.2) is 36.4 Å². The van der Waals surface area contributed by atoms with E-state index in [1.54, 1.807) is 11.3 Å². The Morgan fingerprint density at radius 2 is 2.10 bits per heavy atom. The molecular weight excluding hydrogens is 401 g/mol. The van der Waals surface area contributed by atoms with Gasteiger partial charge in [0.25, 0.3) is 0 Å². The van der Waals surface area contributed by atoms with Crippen LogP contribution in [0.2, 0.25) is 0 Å². The highest BCUT2D eigenvalue weighted by Crippen LogP contribution is 2.42. The molecule has 2 aromatic carbocycles. The first-order valence-electron chi connectivity index (χ1n) is 9.28. The summed E-state index contributed by atoms with van der Waals surface area (Å²) in [4.78, 5) is 16.4. The van der Waals surface area contributed by atoms with Crippen LogP contribution in [0.1, 0.15) is 24.0 Å². The normalized spacial score (nSPS) is 15.9. The first-order chi connectivity index (χ1) is 13.8. The van der Waals surface area contributed by atoms with E-state index < -0.39 is 24.9 Å². The zero-order chi connectivity index (χ0) is 20.6.